The van der Waals surface area contributed by atoms with Gasteiger partial charge in [0.1, 0.15) is 0 Å². The second-order valence-corrected chi connectivity index (χ2v) is 6.49. The summed E-state index contributed by atoms with van der Waals surface area (Å²) >= 11 is 1.83. The Morgan fingerprint density at radius 2 is 2.30 bits per heavy atom. The Morgan fingerprint density at radius 1 is 1.80 bits per heavy atom. The fourth-order valence-electron chi connectivity index (χ4n) is 0.525. The first-order chi connectivity index (χ1) is 4.63. The van der Waals surface area contributed by atoms with Gasteiger partial charge < -0.3 is 0 Å². The van der Waals surface area contributed by atoms with Crippen LogP contribution in [0.1, 0.15) is 20.3 Å². The number of hydrogen-bond acceptors (Lipinski definition) is 2. The summed E-state index contributed by atoms with van der Waals surface area (Å²) in [5.74, 6) is 0.349. The minimum atomic E-state index is -0.329. The second-order valence-electron chi connectivity index (χ2n) is 2.29. The summed E-state index contributed by atoms with van der Waals surface area (Å²) in [6.07, 6.45) is 0.993. The van der Waals surface area contributed by atoms with Crippen LogP contribution in [0.5, 0.6) is 0 Å². The molecule has 0 aromatic rings. The molecule has 62 valence electrons. The van der Waals surface area contributed by atoms with Crippen LogP contribution >= 0.6 is 18.6 Å². The van der Waals surface area contributed by atoms with Gasteiger partial charge in [0.25, 0.3) is 0 Å². The summed E-state index contributed by atoms with van der Waals surface area (Å²) in [5, 5.41) is 0. The van der Waals surface area contributed by atoms with E-state index in [1.54, 1.807) is 0 Å². The van der Waals surface area contributed by atoms with E-state index in [0.29, 0.717) is 5.92 Å². The van der Waals surface area contributed by atoms with Gasteiger partial charge in [0.2, 0.25) is 0 Å². The van der Waals surface area contributed by atoms with Crippen LogP contribution in [-0.4, -0.2) is 9.83 Å². The zero-order valence-electron chi connectivity index (χ0n) is 6.10. The number of hydrogen-bond donors (Lipinski definition) is 1. The molecule has 0 aliphatic heterocycles. The van der Waals surface area contributed by atoms with Crippen molar-refractivity contribution in [1.29, 1.82) is 0 Å². The molecule has 0 saturated carbocycles. The Kier molecular flexibility index (Phi) is 6.33. The Morgan fingerprint density at radius 3 is 2.60 bits per heavy atom. The summed E-state index contributed by atoms with van der Waals surface area (Å²) in [6.45, 7) is 4.09. The van der Waals surface area contributed by atoms with Gasteiger partial charge in [-0.1, -0.05) is 0 Å². The molecule has 0 aliphatic carbocycles. The summed E-state index contributed by atoms with van der Waals surface area (Å²) in [4.78, 5) is 11.0. The van der Waals surface area contributed by atoms with Crippen molar-refractivity contribution in [3.63, 3.8) is 0 Å². The zero-order chi connectivity index (χ0) is 8.15. The molecule has 10 heavy (non-hydrogen) atoms. The van der Waals surface area contributed by atoms with E-state index in [0.717, 1.165) is 6.42 Å². The average Bonchev–Trinajstić information content (AvgIpc) is 2.00. The van der Waals surface area contributed by atoms with Crippen molar-refractivity contribution in [2.75, 3.05) is 0 Å². The van der Waals surface area contributed by atoms with Crippen molar-refractivity contribution < 1.29 is 22.0 Å². The van der Waals surface area contributed by atoms with Crippen molar-refractivity contribution in [1.82, 2.24) is 0 Å². The van der Waals surface area contributed by atoms with Crippen molar-refractivity contribution in [2.45, 2.75) is 26.3 Å². The Bertz CT molecular complexity index is 118. The van der Waals surface area contributed by atoms with Gasteiger partial charge in [-0.3, -0.25) is 0 Å². The summed E-state index contributed by atoms with van der Waals surface area (Å²) < 4.78 is 0.272. The molecule has 4 heteroatoms. The van der Waals surface area contributed by atoms with Gasteiger partial charge in [0.05, 0.1) is 0 Å². The average molecular weight is 368 g/mol. The predicted molar refractivity (Wildman–Crippen MR) is 46.5 cm³/mol. The first-order valence-electron chi connectivity index (χ1n) is 3.18. The van der Waals surface area contributed by atoms with Gasteiger partial charge in [-0.05, 0) is 0 Å². The van der Waals surface area contributed by atoms with Gasteiger partial charge in [-0.25, -0.2) is 0 Å². The Balaban J connectivity index is 3.81. The van der Waals surface area contributed by atoms with E-state index in [1.807, 2.05) is 6.92 Å². The third-order valence-electron chi connectivity index (χ3n) is 1.59. The summed E-state index contributed by atoms with van der Waals surface area (Å²) in [5.41, 5.74) is 5.65. The second kappa shape index (κ2) is 5.70. The molecule has 2 unspecified atom stereocenters. The van der Waals surface area contributed by atoms with Gasteiger partial charge in [0, 0.05) is 0 Å². The molecule has 2 nitrogen and oxygen atoms in total. The third kappa shape index (κ3) is 3.47. The van der Waals surface area contributed by atoms with Gasteiger partial charge in [-0.15, -0.1) is 0 Å². The first-order valence-corrected chi connectivity index (χ1v) is 10.5. The number of nitrogens with two attached hydrogens (primary N) is 1. The van der Waals surface area contributed by atoms with Crippen LogP contribution in [0.15, 0.2) is 0 Å². The van der Waals surface area contributed by atoms with Gasteiger partial charge in [0.15, 0.2) is 0 Å². The number of rotatable bonds is 4. The number of carbonyl (C=O) groups excluding carboxylic acids is 1. The Hall–Kier alpha value is 1.09. The number of carbonyl (C=O) groups is 1. The molecule has 0 aliphatic rings. The standard InChI is InChI=1S/C6H12I2NO/c1-3-4(2)5(9)6(10)8-7/h4-5H,3,9H2,1-2H3/q-1. The van der Waals surface area contributed by atoms with E-state index in [2.05, 4.69) is 25.5 Å². The maximum atomic E-state index is 11.0. The fourth-order valence-corrected chi connectivity index (χ4v) is 3.23. The van der Waals surface area contributed by atoms with E-state index in [-0.39, 0.29) is 27.1 Å². The number of halogens is 2. The first kappa shape index (κ1) is 11.1. The van der Waals surface area contributed by atoms with E-state index < -0.39 is 0 Å². The topological polar surface area (TPSA) is 43.1 Å². The minimum absolute atomic E-state index is 0.199. The monoisotopic (exact) mass is 368 g/mol. The summed E-state index contributed by atoms with van der Waals surface area (Å²) in [7, 11) is 0. The van der Waals surface area contributed by atoms with Crippen molar-refractivity contribution in [2.24, 2.45) is 11.7 Å². The van der Waals surface area contributed by atoms with E-state index in [9.17, 15) is 4.79 Å². The Labute approximate surface area is 81.7 Å². The molecule has 0 aromatic carbocycles. The quantitative estimate of drug-likeness (QED) is 0.477. The normalized spacial score (nSPS) is 16.8. The summed E-state index contributed by atoms with van der Waals surface area (Å²) in [6, 6.07) is -0.199. The molecule has 0 radical (unpaired) electrons. The molecule has 2 N–H and O–H groups in total. The molecule has 0 heterocycles. The molecule has 2 atom stereocenters. The van der Waals surface area contributed by atoms with Crippen LogP contribution in [0, 0.1) is 5.92 Å². The fraction of sp³-hybridized carbons (Fsp3) is 0.833. The van der Waals surface area contributed by atoms with Crippen LogP contribution in [0.25, 0.3) is 0 Å². The van der Waals surface area contributed by atoms with Crippen LogP contribution < -0.4 is 23.0 Å². The predicted octanol–water partition coefficient (Wildman–Crippen LogP) is -1.67. The molecule has 0 fully saturated rings. The van der Waals surface area contributed by atoms with Crippen LogP contribution in [0.4, 0.5) is 0 Å². The maximum absolute atomic E-state index is 11.0. The van der Waals surface area contributed by atoms with Crippen LogP contribution in [0.3, 0.4) is 0 Å². The van der Waals surface area contributed by atoms with E-state index in [1.165, 1.54) is 0 Å². The van der Waals surface area contributed by atoms with Gasteiger partial charge >= 0.3 is 82.4 Å². The molecule has 0 saturated heterocycles. The molecule has 0 rings (SSSR count). The SMILES string of the molecule is CCC(C)C(N)C(=O)[I-]I. The van der Waals surface area contributed by atoms with E-state index in [4.69, 9.17) is 5.73 Å². The van der Waals surface area contributed by atoms with Crippen molar-refractivity contribution >= 4 is 22.4 Å². The van der Waals surface area contributed by atoms with Crippen LogP contribution in [0.2, 0.25) is 0 Å². The van der Waals surface area contributed by atoms with E-state index >= 15 is 0 Å². The third-order valence-corrected chi connectivity index (χ3v) is 5.41. The molecule has 0 bridgehead atoms. The molecular weight excluding hydrogens is 356 g/mol. The molecule has 0 aromatic heterocycles. The van der Waals surface area contributed by atoms with Gasteiger partial charge in [-0.2, -0.15) is 0 Å². The molecule has 0 amide bonds. The van der Waals surface area contributed by atoms with Crippen molar-refractivity contribution in [3.8, 4) is 0 Å². The molecular formula is C6H12I2NO-. The molecule has 0 spiro atoms. The zero-order valence-corrected chi connectivity index (χ0v) is 10.4. The van der Waals surface area contributed by atoms with Crippen molar-refractivity contribution in [3.05, 3.63) is 0 Å². The van der Waals surface area contributed by atoms with Crippen LogP contribution in [-0.2, 0) is 4.79 Å².